The average Bonchev–Trinajstić information content (AvgIpc) is 2.40. The van der Waals surface area contributed by atoms with Gasteiger partial charge in [-0.2, -0.15) is 0 Å². The van der Waals surface area contributed by atoms with E-state index in [-0.39, 0.29) is 16.6 Å². The molecule has 1 aliphatic heterocycles. The summed E-state index contributed by atoms with van der Waals surface area (Å²) in [4.78, 5) is 29.3. The first-order chi connectivity index (χ1) is 9.00. The van der Waals surface area contributed by atoms with Gasteiger partial charge in [-0.25, -0.2) is 4.98 Å². The molecule has 1 saturated heterocycles. The fourth-order valence-corrected chi connectivity index (χ4v) is 2.71. The number of hydrogen-bond donors (Lipinski definition) is 1. The van der Waals surface area contributed by atoms with Crippen LogP contribution in [0.25, 0.3) is 0 Å². The van der Waals surface area contributed by atoms with Gasteiger partial charge in [0.25, 0.3) is 5.91 Å². The molecule has 0 aliphatic carbocycles. The first-order valence-corrected chi connectivity index (χ1v) is 7.09. The Morgan fingerprint density at radius 1 is 1.47 bits per heavy atom. The maximum Gasteiger partial charge on any atom is 0.257 e. The van der Waals surface area contributed by atoms with Crippen molar-refractivity contribution in [1.29, 1.82) is 0 Å². The summed E-state index contributed by atoms with van der Waals surface area (Å²) in [6.07, 6.45) is 3.86. The first-order valence-electron chi connectivity index (χ1n) is 5.92. The summed E-state index contributed by atoms with van der Waals surface area (Å²) in [6, 6.07) is 1.04. The van der Waals surface area contributed by atoms with Crippen LogP contribution in [0, 0.1) is 0 Å². The Balaban J connectivity index is 2.31. The van der Waals surface area contributed by atoms with Gasteiger partial charge in [0.05, 0.1) is 5.56 Å². The van der Waals surface area contributed by atoms with E-state index >= 15 is 0 Å². The molecule has 2 rings (SSSR count). The number of nitrogens with two attached hydrogens (primary N) is 1. The van der Waals surface area contributed by atoms with Crippen molar-refractivity contribution in [2.75, 3.05) is 6.54 Å². The minimum Gasteiger partial charge on any atom is -0.368 e. The number of likely N-dealkylation sites (tertiary alicyclic amines) is 1. The topological polar surface area (TPSA) is 76.3 Å². The summed E-state index contributed by atoms with van der Waals surface area (Å²) < 4.78 is 0.660. The Labute approximate surface area is 124 Å². The number of carbonyl (C=O) groups excluding carboxylic acids is 2. The van der Waals surface area contributed by atoms with Crippen molar-refractivity contribution in [2.24, 2.45) is 5.73 Å². The molecule has 5 nitrogen and oxygen atoms in total. The van der Waals surface area contributed by atoms with Gasteiger partial charge in [-0.1, -0.05) is 11.6 Å². The highest BCUT2D eigenvalue weighted by atomic mass is 79.9. The molecule has 1 aromatic rings. The minimum absolute atomic E-state index is 0.127. The van der Waals surface area contributed by atoms with Crippen molar-refractivity contribution in [3.05, 3.63) is 27.5 Å². The fourth-order valence-electron chi connectivity index (χ4n) is 2.20. The molecule has 0 bridgehead atoms. The highest BCUT2D eigenvalue weighted by Crippen LogP contribution is 2.24. The third-order valence-corrected chi connectivity index (χ3v) is 3.86. The van der Waals surface area contributed by atoms with Crippen LogP contribution in [-0.4, -0.2) is 34.3 Å². The first kappa shape index (κ1) is 14.3. The number of primary amides is 1. The summed E-state index contributed by atoms with van der Waals surface area (Å²) >= 11 is 9.19. The maximum absolute atomic E-state index is 12.5. The zero-order valence-electron chi connectivity index (χ0n) is 10.1. The second kappa shape index (κ2) is 5.88. The SMILES string of the molecule is NC(=O)C1CCCCN1C(=O)c1cc(Br)cnc1Cl. The normalized spacial score (nSPS) is 19.3. The Hall–Kier alpha value is -1.14. The van der Waals surface area contributed by atoms with Crippen molar-refractivity contribution < 1.29 is 9.59 Å². The largest absolute Gasteiger partial charge is 0.368 e. The number of pyridine rings is 1. The van der Waals surface area contributed by atoms with Crippen LogP contribution in [0.4, 0.5) is 0 Å². The van der Waals surface area contributed by atoms with Gasteiger partial charge in [-0.05, 0) is 41.3 Å². The molecule has 2 heterocycles. The van der Waals surface area contributed by atoms with Crippen molar-refractivity contribution >= 4 is 39.3 Å². The molecule has 1 aromatic heterocycles. The average molecular weight is 347 g/mol. The van der Waals surface area contributed by atoms with Crippen LogP contribution >= 0.6 is 27.5 Å². The monoisotopic (exact) mass is 345 g/mol. The van der Waals surface area contributed by atoms with Crippen LogP contribution < -0.4 is 5.73 Å². The van der Waals surface area contributed by atoms with E-state index in [1.807, 2.05) is 0 Å². The second-order valence-corrected chi connectivity index (χ2v) is 5.68. The zero-order chi connectivity index (χ0) is 14.0. The molecule has 1 fully saturated rings. The molecular weight excluding hydrogens is 334 g/mol. The number of carbonyl (C=O) groups is 2. The van der Waals surface area contributed by atoms with Gasteiger partial charge in [0, 0.05) is 17.2 Å². The fraction of sp³-hybridized carbons (Fsp3) is 0.417. The van der Waals surface area contributed by atoms with Gasteiger partial charge in [-0.15, -0.1) is 0 Å². The Kier molecular flexibility index (Phi) is 4.42. The van der Waals surface area contributed by atoms with E-state index in [1.165, 1.54) is 11.1 Å². The molecule has 0 aromatic carbocycles. The maximum atomic E-state index is 12.5. The lowest BCUT2D eigenvalue weighted by molar-refractivity contribution is -0.123. The minimum atomic E-state index is -0.559. The number of halogens is 2. The van der Waals surface area contributed by atoms with Crippen molar-refractivity contribution in [1.82, 2.24) is 9.88 Å². The Bertz CT molecular complexity index is 524. The number of amides is 2. The summed E-state index contributed by atoms with van der Waals surface area (Å²) in [5.41, 5.74) is 5.63. The molecule has 7 heteroatoms. The zero-order valence-corrected chi connectivity index (χ0v) is 12.4. The van der Waals surface area contributed by atoms with Crippen molar-refractivity contribution in [2.45, 2.75) is 25.3 Å². The van der Waals surface area contributed by atoms with Crippen LogP contribution in [0.3, 0.4) is 0 Å². The standard InChI is InChI=1S/C12H13BrClN3O2/c13-7-5-8(10(14)16-6-7)12(19)17-4-2-1-3-9(17)11(15)18/h5-6,9H,1-4H2,(H2,15,18). The van der Waals surface area contributed by atoms with Crippen LogP contribution in [0.1, 0.15) is 29.6 Å². The molecular formula is C12H13BrClN3O2. The lowest BCUT2D eigenvalue weighted by Crippen LogP contribution is -2.50. The second-order valence-electron chi connectivity index (χ2n) is 4.40. The highest BCUT2D eigenvalue weighted by Gasteiger charge is 2.32. The number of aromatic nitrogens is 1. The molecule has 0 radical (unpaired) electrons. The van der Waals surface area contributed by atoms with E-state index in [0.29, 0.717) is 17.4 Å². The van der Waals surface area contributed by atoms with Crippen LogP contribution in [-0.2, 0) is 4.79 Å². The van der Waals surface area contributed by atoms with Gasteiger partial charge in [-0.3, -0.25) is 9.59 Å². The van der Waals surface area contributed by atoms with Crippen LogP contribution in [0.2, 0.25) is 5.15 Å². The van der Waals surface area contributed by atoms with E-state index < -0.39 is 11.9 Å². The molecule has 102 valence electrons. The molecule has 0 spiro atoms. The summed E-state index contributed by atoms with van der Waals surface area (Å²) in [7, 11) is 0. The molecule has 1 aliphatic rings. The van der Waals surface area contributed by atoms with Gasteiger partial charge in [0.1, 0.15) is 11.2 Å². The molecule has 1 unspecified atom stereocenters. The quantitative estimate of drug-likeness (QED) is 0.832. The van der Waals surface area contributed by atoms with E-state index in [1.54, 1.807) is 6.07 Å². The smallest absolute Gasteiger partial charge is 0.257 e. The van der Waals surface area contributed by atoms with E-state index in [9.17, 15) is 9.59 Å². The summed E-state index contributed by atoms with van der Waals surface area (Å²) in [6.45, 7) is 0.509. The van der Waals surface area contributed by atoms with Crippen molar-refractivity contribution in [3.63, 3.8) is 0 Å². The van der Waals surface area contributed by atoms with E-state index in [2.05, 4.69) is 20.9 Å². The van der Waals surface area contributed by atoms with E-state index in [0.717, 1.165) is 12.8 Å². The molecule has 1 atom stereocenters. The van der Waals surface area contributed by atoms with Crippen LogP contribution in [0.5, 0.6) is 0 Å². The van der Waals surface area contributed by atoms with Gasteiger partial charge >= 0.3 is 0 Å². The third kappa shape index (κ3) is 3.06. The number of rotatable bonds is 2. The molecule has 0 saturated carbocycles. The summed E-state index contributed by atoms with van der Waals surface area (Å²) in [5.74, 6) is -0.783. The Morgan fingerprint density at radius 3 is 2.89 bits per heavy atom. The lowest BCUT2D eigenvalue weighted by Gasteiger charge is -2.33. The number of nitrogens with zero attached hydrogens (tertiary/aromatic N) is 2. The molecule has 2 N–H and O–H groups in total. The van der Waals surface area contributed by atoms with Gasteiger partial charge < -0.3 is 10.6 Å². The number of piperidine rings is 1. The lowest BCUT2D eigenvalue weighted by atomic mass is 10.0. The van der Waals surface area contributed by atoms with Gasteiger partial charge in [0.15, 0.2) is 0 Å². The highest BCUT2D eigenvalue weighted by molar-refractivity contribution is 9.10. The Morgan fingerprint density at radius 2 is 2.21 bits per heavy atom. The van der Waals surface area contributed by atoms with E-state index in [4.69, 9.17) is 17.3 Å². The predicted octanol–water partition coefficient (Wildman–Crippen LogP) is 1.98. The number of hydrogen-bond acceptors (Lipinski definition) is 3. The van der Waals surface area contributed by atoms with Crippen molar-refractivity contribution in [3.8, 4) is 0 Å². The van der Waals surface area contributed by atoms with Crippen LogP contribution in [0.15, 0.2) is 16.7 Å². The van der Waals surface area contributed by atoms with Gasteiger partial charge in [0.2, 0.25) is 5.91 Å². The molecule has 2 amide bonds. The molecule has 19 heavy (non-hydrogen) atoms. The summed E-state index contributed by atoms with van der Waals surface area (Å²) in [5, 5.41) is 0.127. The predicted molar refractivity (Wildman–Crippen MR) is 74.8 cm³/mol. The third-order valence-electron chi connectivity index (χ3n) is 3.13.